The van der Waals surface area contributed by atoms with E-state index in [-0.39, 0.29) is 23.0 Å². The summed E-state index contributed by atoms with van der Waals surface area (Å²) < 4.78 is 9.94. The van der Waals surface area contributed by atoms with Crippen LogP contribution in [0.5, 0.6) is 0 Å². The van der Waals surface area contributed by atoms with Crippen molar-refractivity contribution < 1.29 is 19.1 Å². The van der Waals surface area contributed by atoms with E-state index in [2.05, 4.69) is 9.98 Å². The Morgan fingerprint density at radius 1 is 1.15 bits per heavy atom. The van der Waals surface area contributed by atoms with E-state index in [9.17, 15) is 9.59 Å². The number of hydrogen-bond acceptors (Lipinski definition) is 6. The molecule has 0 bridgehead atoms. The van der Waals surface area contributed by atoms with Gasteiger partial charge in [-0.05, 0) is 19.1 Å². The Hall–Kier alpha value is -2.50. The summed E-state index contributed by atoms with van der Waals surface area (Å²) >= 11 is 0. The molecule has 1 heterocycles. The lowest BCUT2D eigenvalue weighted by Crippen LogP contribution is -2.37. The summed E-state index contributed by atoms with van der Waals surface area (Å²) in [4.78, 5) is 32.6. The number of carbonyl (C=O) groups is 2. The third-order valence-electron chi connectivity index (χ3n) is 2.96. The van der Waals surface area contributed by atoms with Gasteiger partial charge < -0.3 is 9.47 Å². The molecule has 0 spiro atoms. The van der Waals surface area contributed by atoms with Crippen molar-refractivity contribution in [1.82, 2.24) is 4.98 Å². The first kappa shape index (κ1) is 13.9. The average molecular weight is 274 g/mol. The van der Waals surface area contributed by atoms with Crippen LogP contribution in [0, 0.1) is 5.92 Å². The molecule has 1 aliphatic rings. The van der Waals surface area contributed by atoms with Crippen LogP contribution in [-0.2, 0) is 19.1 Å². The van der Waals surface area contributed by atoms with Gasteiger partial charge in [0.2, 0.25) is 23.1 Å². The molecule has 1 aromatic heterocycles. The number of hydrogen-bond donors (Lipinski definition) is 0. The maximum Gasteiger partial charge on any atom is 0.246 e. The highest BCUT2D eigenvalue weighted by molar-refractivity contribution is 6.52. The van der Waals surface area contributed by atoms with Gasteiger partial charge in [0, 0.05) is 6.20 Å². The Labute approximate surface area is 116 Å². The van der Waals surface area contributed by atoms with Crippen molar-refractivity contribution in [3.63, 3.8) is 0 Å². The number of ether oxygens (including phenoxy) is 2. The molecule has 20 heavy (non-hydrogen) atoms. The molecule has 1 aromatic rings. The monoisotopic (exact) mass is 274 g/mol. The molecule has 0 amide bonds. The minimum Gasteiger partial charge on any atom is -0.490 e. The number of aromatic nitrogens is 1. The molecule has 1 aliphatic carbocycles. The van der Waals surface area contributed by atoms with E-state index in [0.717, 1.165) is 0 Å². The zero-order valence-electron chi connectivity index (χ0n) is 11.4. The van der Waals surface area contributed by atoms with Crippen molar-refractivity contribution in [2.45, 2.75) is 6.92 Å². The van der Waals surface area contributed by atoms with E-state index in [0.29, 0.717) is 5.82 Å². The Morgan fingerprint density at radius 3 is 2.40 bits per heavy atom. The Bertz CT molecular complexity index is 605. The second-order valence-corrected chi connectivity index (χ2v) is 4.17. The number of Topliss-reactive ketones (excluding diaryl/α,β-unsaturated/α-hetero) is 2. The van der Waals surface area contributed by atoms with Gasteiger partial charge in [0.15, 0.2) is 5.82 Å². The van der Waals surface area contributed by atoms with Gasteiger partial charge in [-0.15, -0.1) is 0 Å². The van der Waals surface area contributed by atoms with Crippen LogP contribution in [0.4, 0.5) is 5.82 Å². The first-order valence-corrected chi connectivity index (χ1v) is 6.01. The summed E-state index contributed by atoms with van der Waals surface area (Å²) in [5.74, 6) is -1.30. The molecule has 0 radical (unpaired) electrons. The lowest BCUT2D eigenvalue weighted by atomic mass is 9.89. The normalized spacial score (nSPS) is 21.4. The van der Waals surface area contributed by atoms with E-state index >= 15 is 0 Å². The van der Waals surface area contributed by atoms with E-state index in [4.69, 9.17) is 9.47 Å². The van der Waals surface area contributed by atoms with Crippen LogP contribution in [0.1, 0.15) is 6.92 Å². The van der Waals surface area contributed by atoms with E-state index in [1.54, 1.807) is 31.3 Å². The molecule has 6 heteroatoms. The molecule has 0 N–H and O–H groups in total. The zero-order valence-corrected chi connectivity index (χ0v) is 11.4. The summed E-state index contributed by atoms with van der Waals surface area (Å²) in [6, 6.07) is 5.14. The van der Waals surface area contributed by atoms with Crippen molar-refractivity contribution >= 4 is 23.1 Å². The number of pyridine rings is 1. The second-order valence-electron chi connectivity index (χ2n) is 4.17. The van der Waals surface area contributed by atoms with Crippen molar-refractivity contribution in [1.29, 1.82) is 0 Å². The van der Waals surface area contributed by atoms with Gasteiger partial charge in [-0.2, -0.15) is 0 Å². The van der Waals surface area contributed by atoms with Crippen molar-refractivity contribution in [2.75, 3.05) is 14.2 Å². The smallest absolute Gasteiger partial charge is 0.246 e. The highest BCUT2D eigenvalue weighted by Gasteiger charge is 2.40. The van der Waals surface area contributed by atoms with Gasteiger partial charge in [0.25, 0.3) is 0 Å². The van der Waals surface area contributed by atoms with Crippen LogP contribution in [0.3, 0.4) is 0 Å². The predicted octanol–water partition coefficient (Wildman–Crippen LogP) is 1.45. The number of allylic oxidation sites excluding steroid dienone is 2. The van der Waals surface area contributed by atoms with Crippen molar-refractivity contribution in [3.05, 3.63) is 35.9 Å². The molecule has 1 unspecified atom stereocenters. The van der Waals surface area contributed by atoms with Gasteiger partial charge in [-0.25, -0.2) is 9.98 Å². The quantitative estimate of drug-likeness (QED) is 0.833. The van der Waals surface area contributed by atoms with Gasteiger partial charge in [0.1, 0.15) is 5.71 Å². The molecule has 2 rings (SSSR count). The highest BCUT2D eigenvalue weighted by Crippen LogP contribution is 2.25. The van der Waals surface area contributed by atoms with Crippen LogP contribution in [0.2, 0.25) is 0 Å². The summed E-state index contributed by atoms with van der Waals surface area (Å²) in [7, 11) is 2.64. The minimum absolute atomic E-state index is 0.0648. The van der Waals surface area contributed by atoms with Crippen molar-refractivity contribution in [2.24, 2.45) is 10.9 Å². The van der Waals surface area contributed by atoms with E-state index < -0.39 is 11.7 Å². The van der Waals surface area contributed by atoms with Crippen LogP contribution in [0.25, 0.3) is 0 Å². The maximum atomic E-state index is 12.3. The fourth-order valence-corrected chi connectivity index (χ4v) is 1.92. The van der Waals surface area contributed by atoms with E-state index in [1.807, 2.05) is 0 Å². The number of carbonyl (C=O) groups excluding carboxylic acids is 2. The molecule has 0 fully saturated rings. The second kappa shape index (κ2) is 5.64. The SMILES string of the molecule is COC1=C(OC)C(=O)C(C)C(=Nc2ccccn2)C1=O. The highest BCUT2D eigenvalue weighted by atomic mass is 16.5. The largest absolute Gasteiger partial charge is 0.490 e. The first-order valence-electron chi connectivity index (χ1n) is 6.01. The van der Waals surface area contributed by atoms with E-state index in [1.165, 1.54) is 14.2 Å². The molecular formula is C14H14N2O4. The third-order valence-corrected chi connectivity index (χ3v) is 2.96. The summed E-state index contributed by atoms with van der Waals surface area (Å²) in [6.45, 7) is 1.60. The molecule has 0 saturated heterocycles. The van der Waals surface area contributed by atoms with Crippen molar-refractivity contribution in [3.8, 4) is 0 Å². The third kappa shape index (κ3) is 2.32. The Morgan fingerprint density at radius 2 is 1.85 bits per heavy atom. The van der Waals surface area contributed by atoms with Crippen LogP contribution in [0.15, 0.2) is 40.9 Å². The Kier molecular flexibility index (Phi) is 3.93. The number of aliphatic imine (C=N–C) groups is 1. The standard InChI is InChI=1S/C14H14N2O4/c1-8-10(16-9-6-4-5-7-15-9)12(18)14(20-3)13(19-2)11(8)17/h4-8H,1-3H3. The lowest BCUT2D eigenvalue weighted by Gasteiger charge is -2.22. The molecule has 0 saturated carbocycles. The summed E-state index contributed by atoms with van der Waals surface area (Å²) in [6.07, 6.45) is 1.56. The fraction of sp³-hybridized carbons (Fsp3) is 0.286. The molecule has 0 aromatic carbocycles. The summed E-state index contributed by atoms with van der Waals surface area (Å²) in [5, 5.41) is 0. The fourth-order valence-electron chi connectivity index (χ4n) is 1.92. The Balaban J connectivity index is 2.52. The molecule has 1 atom stereocenters. The van der Waals surface area contributed by atoms with Crippen LogP contribution >= 0.6 is 0 Å². The number of methoxy groups -OCH3 is 2. The predicted molar refractivity (Wildman–Crippen MR) is 71.6 cm³/mol. The summed E-state index contributed by atoms with van der Waals surface area (Å²) in [5.41, 5.74) is 0.103. The number of nitrogens with zero attached hydrogens (tertiary/aromatic N) is 2. The van der Waals surface area contributed by atoms with Gasteiger partial charge in [0.05, 0.1) is 20.1 Å². The van der Waals surface area contributed by atoms with Crippen LogP contribution < -0.4 is 0 Å². The van der Waals surface area contributed by atoms with Crippen LogP contribution in [-0.4, -0.2) is 36.5 Å². The van der Waals surface area contributed by atoms with Gasteiger partial charge in [-0.1, -0.05) is 6.07 Å². The molecule has 0 aliphatic heterocycles. The number of rotatable bonds is 3. The number of ketones is 2. The maximum absolute atomic E-state index is 12.3. The molecule has 104 valence electrons. The van der Waals surface area contributed by atoms with Gasteiger partial charge >= 0.3 is 0 Å². The molecule has 6 nitrogen and oxygen atoms in total. The topological polar surface area (TPSA) is 77.8 Å². The molecular weight excluding hydrogens is 260 g/mol. The lowest BCUT2D eigenvalue weighted by molar-refractivity contribution is -0.124. The van der Waals surface area contributed by atoms with Gasteiger partial charge in [-0.3, -0.25) is 9.59 Å². The average Bonchev–Trinajstić information content (AvgIpc) is 2.48. The first-order chi connectivity index (χ1) is 9.60. The minimum atomic E-state index is -0.696. The zero-order chi connectivity index (χ0) is 14.7.